The second kappa shape index (κ2) is 7.08. The van der Waals surface area contributed by atoms with Crippen LogP contribution in [0.25, 0.3) is 0 Å². The van der Waals surface area contributed by atoms with E-state index >= 15 is 0 Å². The summed E-state index contributed by atoms with van der Waals surface area (Å²) in [5.74, 6) is 0.857. The van der Waals surface area contributed by atoms with Crippen molar-refractivity contribution in [2.75, 3.05) is 26.2 Å². The van der Waals surface area contributed by atoms with Crippen molar-refractivity contribution in [2.24, 2.45) is 7.05 Å². The Labute approximate surface area is 163 Å². The van der Waals surface area contributed by atoms with Crippen molar-refractivity contribution in [2.45, 2.75) is 30.3 Å². The van der Waals surface area contributed by atoms with Gasteiger partial charge in [-0.2, -0.15) is 14.1 Å². The molecule has 0 amide bonds. The first-order valence-corrected chi connectivity index (χ1v) is 10.9. The summed E-state index contributed by atoms with van der Waals surface area (Å²) in [4.78, 5) is 0.959. The Bertz CT molecular complexity index is 1000. The van der Waals surface area contributed by atoms with Crippen LogP contribution >= 0.6 is 12.2 Å². The molecule has 0 unspecified atom stereocenters. The van der Waals surface area contributed by atoms with Crippen LogP contribution in [0, 0.1) is 10.6 Å². The van der Waals surface area contributed by atoms with Crippen molar-refractivity contribution in [3.05, 3.63) is 40.7 Å². The Morgan fingerprint density at radius 2 is 1.93 bits per heavy atom. The van der Waals surface area contributed by atoms with Gasteiger partial charge in [0.1, 0.15) is 16.5 Å². The van der Waals surface area contributed by atoms with Crippen LogP contribution in [0.2, 0.25) is 0 Å². The molecule has 27 heavy (non-hydrogen) atoms. The lowest BCUT2D eigenvalue weighted by Gasteiger charge is -2.31. The summed E-state index contributed by atoms with van der Waals surface area (Å²) in [6.07, 6.45) is 2.33. The predicted molar refractivity (Wildman–Crippen MR) is 99.9 cm³/mol. The lowest BCUT2D eigenvalue weighted by atomic mass is 10.3. The monoisotopic (exact) mass is 412 g/mol. The molecule has 0 bridgehead atoms. The third-order valence-corrected chi connectivity index (χ3v) is 7.69. The minimum atomic E-state index is -3.80. The number of nitrogens with zero attached hydrogens (tertiary/aromatic N) is 4. The zero-order valence-corrected chi connectivity index (χ0v) is 16.8. The molecule has 146 valence electrons. The number of rotatable bonds is 5. The molecule has 2 heterocycles. The van der Waals surface area contributed by atoms with Crippen LogP contribution < -0.4 is 4.90 Å². The average molecular weight is 413 g/mol. The number of benzene rings is 1. The van der Waals surface area contributed by atoms with E-state index in [1.807, 2.05) is 16.3 Å². The maximum Gasteiger partial charge on any atom is 0.246 e. The molecule has 2 aliphatic rings. The summed E-state index contributed by atoms with van der Waals surface area (Å²) in [5.41, 5.74) is 0. The van der Waals surface area contributed by atoms with Crippen molar-refractivity contribution in [1.82, 2.24) is 18.7 Å². The minimum absolute atomic E-state index is 0.255. The Kier molecular flexibility index (Phi) is 4.91. The lowest BCUT2D eigenvalue weighted by molar-refractivity contribution is -0.926. The molecule has 2 fully saturated rings. The van der Waals surface area contributed by atoms with E-state index in [0.29, 0.717) is 43.5 Å². The largest absolute Gasteiger partial charge is 0.314 e. The molecule has 1 aliphatic heterocycles. The minimum Gasteiger partial charge on any atom is -0.314 e. The maximum atomic E-state index is 13.9. The number of sulfonamides is 1. The summed E-state index contributed by atoms with van der Waals surface area (Å²) in [6, 6.07) is 5.52. The van der Waals surface area contributed by atoms with Gasteiger partial charge in [0.15, 0.2) is 6.67 Å². The summed E-state index contributed by atoms with van der Waals surface area (Å²) < 4.78 is 45.2. The van der Waals surface area contributed by atoms with E-state index in [-0.39, 0.29) is 4.90 Å². The Morgan fingerprint density at radius 3 is 2.56 bits per heavy atom. The molecule has 1 saturated heterocycles. The SMILES string of the molecule is Cn1c(C2CC2)nn(C[NH+]2CCN(S(=O)(=O)c3ccccc3F)CC2)c1=S. The highest BCUT2D eigenvalue weighted by Gasteiger charge is 2.33. The fraction of sp³-hybridized carbons (Fsp3) is 0.529. The van der Waals surface area contributed by atoms with E-state index in [0.717, 1.165) is 5.82 Å². The summed E-state index contributed by atoms with van der Waals surface area (Å²) in [6.45, 7) is 2.58. The van der Waals surface area contributed by atoms with Crippen LogP contribution in [0.1, 0.15) is 24.6 Å². The predicted octanol–water partition coefficient (Wildman–Crippen LogP) is 0.514. The van der Waals surface area contributed by atoms with Crippen LogP contribution in [0.5, 0.6) is 0 Å². The van der Waals surface area contributed by atoms with Crippen molar-refractivity contribution < 1.29 is 17.7 Å². The number of nitrogens with one attached hydrogen (secondary N) is 1. The molecule has 2 aromatic rings. The molecule has 7 nitrogen and oxygen atoms in total. The molecule has 10 heteroatoms. The molecular weight excluding hydrogens is 389 g/mol. The first kappa shape index (κ1) is 18.7. The van der Waals surface area contributed by atoms with Gasteiger partial charge in [-0.25, -0.2) is 12.8 Å². The van der Waals surface area contributed by atoms with Gasteiger partial charge in [0, 0.05) is 13.0 Å². The molecule has 0 radical (unpaired) electrons. The number of aromatic nitrogens is 3. The standard InChI is InChI=1S/C17H22FN5O2S2/c1-20-16(13-6-7-13)19-23(17(20)26)12-21-8-10-22(11-9-21)27(24,25)15-5-3-2-4-14(15)18/h2-5,13H,6-12H2,1H3/p+1. The molecule has 4 rings (SSSR count). The second-order valence-corrected chi connectivity index (χ2v) is 9.49. The molecule has 1 aromatic heterocycles. The van der Waals surface area contributed by atoms with Crippen LogP contribution in [0.3, 0.4) is 0 Å². The topological polar surface area (TPSA) is 64.6 Å². The van der Waals surface area contributed by atoms with Crippen LogP contribution in [0.4, 0.5) is 4.39 Å². The van der Waals surface area contributed by atoms with Gasteiger partial charge in [-0.3, -0.25) is 0 Å². The van der Waals surface area contributed by atoms with Crippen molar-refractivity contribution >= 4 is 22.2 Å². The zero-order valence-electron chi connectivity index (χ0n) is 15.1. The fourth-order valence-electron chi connectivity index (χ4n) is 3.51. The molecule has 1 saturated carbocycles. The highest BCUT2D eigenvalue weighted by molar-refractivity contribution is 7.89. The number of piperazine rings is 1. The summed E-state index contributed by atoms with van der Waals surface area (Å²) in [5, 5.41) is 4.67. The van der Waals surface area contributed by atoms with Crippen LogP contribution in [-0.2, 0) is 23.7 Å². The number of halogens is 1. The molecule has 1 aliphatic carbocycles. The zero-order chi connectivity index (χ0) is 19.2. The molecule has 1 aromatic carbocycles. The van der Waals surface area contributed by atoms with Gasteiger partial charge in [0.05, 0.1) is 26.2 Å². The average Bonchev–Trinajstić information content (AvgIpc) is 3.45. The van der Waals surface area contributed by atoms with Crippen molar-refractivity contribution in [3.8, 4) is 0 Å². The van der Waals surface area contributed by atoms with Gasteiger partial charge in [-0.05, 0) is 37.2 Å². The van der Waals surface area contributed by atoms with Gasteiger partial charge in [-0.1, -0.05) is 12.1 Å². The van der Waals surface area contributed by atoms with E-state index in [1.165, 1.54) is 46.3 Å². The third kappa shape index (κ3) is 3.58. The Hall–Kier alpha value is -1.62. The maximum absolute atomic E-state index is 13.9. The Balaban J connectivity index is 1.43. The van der Waals surface area contributed by atoms with Gasteiger partial charge >= 0.3 is 0 Å². The van der Waals surface area contributed by atoms with Crippen LogP contribution in [0.15, 0.2) is 29.2 Å². The third-order valence-electron chi connectivity index (χ3n) is 5.27. The smallest absolute Gasteiger partial charge is 0.246 e. The molecule has 0 spiro atoms. The lowest BCUT2D eigenvalue weighted by Crippen LogP contribution is -3.14. The number of hydrogen-bond acceptors (Lipinski definition) is 4. The Morgan fingerprint density at radius 1 is 1.26 bits per heavy atom. The highest BCUT2D eigenvalue weighted by Crippen LogP contribution is 2.38. The normalized spacial score (nSPS) is 19.5. The summed E-state index contributed by atoms with van der Waals surface area (Å²) >= 11 is 5.49. The van der Waals surface area contributed by atoms with Crippen LogP contribution in [-0.4, -0.2) is 53.2 Å². The number of quaternary nitrogens is 1. The fourth-order valence-corrected chi connectivity index (χ4v) is 5.22. The molecule has 1 N–H and O–H groups in total. The quantitative estimate of drug-likeness (QED) is 0.727. The van der Waals surface area contributed by atoms with E-state index in [4.69, 9.17) is 12.2 Å². The van der Waals surface area contributed by atoms with E-state index in [1.54, 1.807) is 0 Å². The highest BCUT2D eigenvalue weighted by atomic mass is 32.2. The van der Waals surface area contributed by atoms with Gasteiger partial charge in [-0.15, -0.1) is 0 Å². The van der Waals surface area contributed by atoms with Gasteiger partial charge in [0.2, 0.25) is 14.8 Å². The van der Waals surface area contributed by atoms with Gasteiger partial charge < -0.3 is 9.47 Å². The number of hydrogen-bond donors (Lipinski definition) is 1. The van der Waals surface area contributed by atoms with E-state index < -0.39 is 15.8 Å². The van der Waals surface area contributed by atoms with Gasteiger partial charge in [0.25, 0.3) is 0 Å². The molecular formula is C17H23FN5O2S2+. The molecule has 0 atom stereocenters. The summed E-state index contributed by atoms with van der Waals surface area (Å²) in [7, 11) is -1.85. The van der Waals surface area contributed by atoms with Crippen molar-refractivity contribution in [3.63, 3.8) is 0 Å². The second-order valence-electron chi connectivity index (χ2n) is 7.22. The van der Waals surface area contributed by atoms with Crippen molar-refractivity contribution in [1.29, 1.82) is 0 Å². The first-order chi connectivity index (χ1) is 12.9. The van der Waals surface area contributed by atoms with E-state index in [9.17, 15) is 12.8 Å². The first-order valence-electron chi connectivity index (χ1n) is 9.10. The van der Waals surface area contributed by atoms with E-state index in [2.05, 4.69) is 5.10 Å².